The molecule has 103 valence electrons. The van der Waals surface area contributed by atoms with Crippen LogP contribution < -0.4 is 10.2 Å². The number of rotatable bonds is 3. The molecule has 0 bridgehead atoms. The highest BCUT2D eigenvalue weighted by Crippen LogP contribution is 2.21. The van der Waals surface area contributed by atoms with Crippen LogP contribution in [0.3, 0.4) is 0 Å². The topological polar surface area (TPSA) is 50.3 Å². The molecule has 1 radical (unpaired) electrons. The summed E-state index contributed by atoms with van der Waals surface area (Å²) in [6.45, 7) is 3.04. The molecule has 0 saturated carbocycles. The average molecular weight is 290 g/mol. The minimum Gasteiger partial charge on any atom is -0.378 e. The fourth-order valence-corrected chi connectivity index (χ4v) is 2.19. The lowest BCUT2D eigenvalue weighted by Crippen LogP contribution is -2.36. The third-order valence-corrected chi connectivity index (χ3v) is 3.18. The molecule has 1 N–H and O–H groups in total. The van der Waals surface area contributed by atoms with Gasteiger partial charge in [0.1, 0.15) is 11.0 Å². The molecule has 2 heterocycles. The molecule has 1 aromatic carbocycles. The second kappa shape index (κ2) is 6.07. The maximum atomic E-state index is 6.08. The Morgan fingerprint density at radius 2 is 1.95 bits per heavy atom. The zero-order valence-corrected chi connectivity index (χ0v) is 11.6. The second-order valence-corrected chi connectivity index (χ2v) is 4.77. The van der Waals surface area contributed by atoms with Crippen LogP contribution in [-0.4, -0.2) is 36.3 Å². The monoisotopic (exact) mass is 289 g/mol. The van der Waals surface area contributed by atoms with E-state index in [0.717, 1.165) is 24.6 Å². The lowest BCUT2D eigenvalue weighted by molar-refractivity contribution is 0.122. The van der Waals surface area contributed by atoms with Crippen molar-refractivity contribution in [2.45, 2.75) is 0 Å². The Morgan fingerprint density at radius 1 is 1.20 bits per heavy atom. The van der Waals surface area contributed by atoms with Crippen LogP contribution in [0.25, 0.3) is 0 Å². The van der Waals surface area contributed by atoms with Gasteiger partial charge in [0.05, 0.1) is 13.2 Å². The first kappa shape index (κ1) is 13.1. The van der Waals surface area contributed by atoms with Gasteiger partial charge < -0.3 is 15.0 Å². The van der Waals surface area contributed by atoms with Crippen molar-refractivity contribution in [2.24, 2.45) is 0 Å². The van der Waals surface area contributed by atoms with Crippen molar-refractivity contribution in [1.29, 1.82) is 0 Å². The number of halogens is 1. The minimum atomic E-state index is 0.423. The molecular formula is C14H14ClN4O. The molecule has 5 nitrogen and oxygen atoms in total. The molecule has 6 heteroatoms. The third kappa shape index (κ3) is 3.18. The lowest BCUT2D eigenvalue weighted by atomic mass is 10.3. The highest BCUT2D eigenvalue weighted by Gasteiger charge is 2.14. The van der Waals surface area contributed by atoms with Gasteiger partial charge in [0.2, 0.25) is 5.95 Å². The summed E-state index contributed by atoms with van der Waals surface area (Å²) in [5, 5.41) is 3.56. The predicted molar refractivity (Wildman–Crippen MR) is 78.6 cm³/mol. The Labute approximate surface area is 122 Å². The third-order valence-electron chi connectivity index (χ3n) is 2.99. The molecular weight excluding hydrogens is 276 g/mol. The fraction of sp³-hybridized carbons (Fsp3) is 0.286. The number of anilines is 3. The van der Waals surface area contributed by atoms with Crippen LogP contribution >= 0.6 is 11.6 Å². The van der Waals surface area contributed by atoms with E-state index in [4.69, 9.17) is 16.3 Å². The average Bonchev–Trinajstić information content (AvgIpc) is 2.49. The normalized spacial score (nSPS) is 15.2. The van der Waals surface area contributed by atoms with Crippen molar-refractivity contribution in [3.8, 4) is 0 Å². The summed E-state index contributed by atoms with van der Waals surface area (Å²) in [7, 11) is 0. The number of ether oxygens (including phenoxy) is 1. The molecule has 1 aliphatic rings. The summed E-state index contributed by atoms with van der Waals surface area (Å²) < 4.78 is 5.34. The number of morpholine rings is 1. The van der Waals surface area contributed by atoms with Gasteiger partial charge in [-0.1, -0.05) is 23.7 Å². The van der Waals surface area contributed by atoms with E-state index in [1.807, 2.05) is 24.3 Å². The first-order valence-electron chi connectivity index (χ1n) is 6.42. The SMILES string of the molecule is Clc1cc(N2CCOCC2)nc(Nc2cc[c]cc2)n1. The number of hydrogen-bond acceptors (Lipinski definition) is 5. The van der Waals surface area contributed by atoms with Crippen molar-refractivity contribution >= 4 is 29.1 Å². The molecule has 0 atom stereocenters. The van der Waals surface area contributed by atoms with Gasteiger partial charge in [-0.15, -0.1) is 0 Å². The van der Waals surface area contributed by atoms with Crippen LogP contribution in [0, 0.1) is 6.07 Å². The number of nitrogens with one attached hydrogen (secondary N) is 1. The minimum absolute atomic E-state index is 0.423. The quantitative estimate of drug-likeness (QED) is 0.880. The van der Waals surface area contributed by atoms with E-state index in [1.165, 1.54) is 0 Å². The lowest BCUT2D eigenvalue weighted by Gasteiger charge is -2.28. The van der Waals surface area contributed by atoms with Gasteiger partial charge in [0.25, 0.3) is 0 Å². The summed E-state index contributed by atoms with van der Waals surface area (Å²) in [4.78, 5) is 10.8. The van der Waals surface area contributed by atoms with E-state index >= 15 is 0 Å². The first-order valence-corrected chi connectivity index (χ1v) is 6.79. The highest BCUT2D eigenvalue weighted by molar-refractivity contribution is 6.29. The largest absolute Gasteiger partial charge is 0.378 e. The molecule has 1 fully saturated rings. The smallest absolute Gasteiger partial charge is 0.230 e. The molecule has 1 aromatic heterocycles. The van der Waals surface area contributed by atoms with Crippen molar-refractivity contribution in [1.82, 2.24) is 9.97 Å². The maximum absolute atomic E-state index is 6.08. The van der Waals surface area contributed by atoms with Crippen molar-refractivity contribution in [3.05, 3.63) is 41.6 Å². The zero-order chi connectivity index (χ0) is 13.8. The van der Waals surface area contributed by atoms with Gasteiger partial charge in [-0.2, -0.15) is 4.98 Å². The van der Waals surface area contributed by atoms with Gasteiger partial charge >= 0.3 is 0 Å². The van der Waals surface area contributed by atoms with Crippen molar-refractivity contribution in [3.63, 3.8) is 0 Å². The molecule has 1 aliphatic heterocycles. The van der Waals surface area contributed by atoms with Gasteiger partial charge in [-0.3, -0.25) is 0 Å². The summed E-state index contributed by atoms with van der Waals surface area (Å²) >= 11 is 6.08. The van der Waals surface area contributed by atoms with Gasteiger partial charge in [0.15, 0.2) is 0 Å². The number of nitrogens with zero attached hydrogens (tertiary/aromatic N) is 3. The molecule has 1 saturated heterocycles. The van der Waals surface area contributed by atoms with Crippen LogP contribution in [0.5, 0.6) is 0 Å². The van der Waals surface area contributed by atoms with Crippen LogP contribution in [0.2, 0.25) is 5.15 Å². The van der Waals surface area contributed by atoms with Crippen LogP contribution in [0.15, 0.2) is 30.3 Å². The van der Waals surface area contributed by atoms with E-state index in [9.17, 15) is 0 Å². The van der Waals surface area contributed by atoms with E-state index in [-0.39, 0.29) is 0 Å². The fourth-order valence-electron chi connectivity index (χ4n) is 2.02. The Bertz CT molecular complexity index is 573. The van der Waals surface area contributed by atoms with Crippen LogP contribution in [0.4, 0.5) is 17.5 Å². The molecule has 0 amide bonds. The van der Waals surface area contributed by atoms with E-state index < -0.39 is 0 Å². The van der Waals surface area contributed by atoms with Crippen LogP contribution in [0.1, 0.15) is 0 Å². The van der Waals surface area contributed by atoms with Crippen molar-refractivity contribution in [2.75, 3.05) is 36.5 Å². The summed E-state index contributed by atoms with van der Waals surface area (Å²) in [5.41, 5.74) is 0.902. The molecule has 0 unspecified atom stereocenters. The summed E-state index contributed by atoms with van der Waals surface area (Å²) in [6, 6.07) is 12.2. The molecule has 2 aromatic rings. The highest BCUT2D eigenvalue weighted by atomic mass is 35.5. The molecule has 0 aliphatic carbocycles. The number of aromatic nitrogens is 2. The number of benzene rings is 1. The Morgan fingerprint density at radius 3 is 2.70 bits per heavy atom. The standard InChI is InChI=1S/C14H14ClN4O/c15-12-10-13(19-6-8-20-9-7-19)18-14(17-12)16-11-4-2-1-3-5-11/h2-5,10H,6-9H2,(H,16,17,18). The predicted octanol–water partition coefficient (Wildman–Crippen LogP) is 2.51. The van der Waals surface area contributed by atoms with E-state index in [2.05, 4.69) is 26.3 Å². The first-order chi connectivity index (χ1) is 9.81. The maximum Gasteiger partial charge on any atom is 0.230 e. The van der Waals surface area contributed by atoms with Crippen LogP contribution in [-0.2, 0) is 4.74 Å². The van der Waals surface area contributed by atoms with Gasteiger partial charge in [-0.05, 0) is 18.2 Å². The zero-order valence-electron chi connectivity index (χ0n) is 10.8. The van der Waals surface area contributed by atoms with Crippen molar-refractivity contribution < 1.29 is 4.74 Å². The Hall–Kier alpha value is -1.85. The van der Waals surface area contributed by atoms with Gasteiger partial charge in [-0.25, -0.2) is 4.98 Å². The Balaban J connectivity index is 1.82. The number of hydrogen-bond donors (Lipinski definition) is 1. The summed E-state index contributed by atoms with van der Waals surface area (Å²) in [5.74, 6) is 1.31. The molecule has 0 spiro atoms. The van der Waals surface area contributed by atoms with E-state index in [1.54, 1.807) is 6.07 Å². The van der Waals surface area contributed by atoms with E-state index in [0.29, 0.717) is 24.3 Å². The molecule has 3 rings (SSSR count). The molecule has 20 heavy (non-hydrogen) atoms. The van der Waals surface area contributed by atoms with Gasteiger partial charge in [0, 0.05) is 24.8 Å². The Kier molecular flexibility index (Phi) is 3.99. The second-order valence-electron chi connectivity index (χ2n) is 4.39. The summed E-state index contributed by atoms with van der Waals surface area (Å²) in [6.07, 6.45) is 0.